The maximum absolute atomic E-state index is 12.8. The van der Waals surface area contributed by atoms with Crippen LogP contribution in [0.2, 0.25) is 0 Å². The van der Waals surface area contributed by atoms with Crippen LogP contribution in [-0.4, -0.2) is 55.0 Å². The number of piperidine rings is 1. The Bertz CT molecular complexity index is 558. The summed E-state index contributed by atoms with van der Waals surface area (Å²) < 4.78 is 5.48. The molecule has 1 aromatic carbocycles. The van der Waals surface area contributed by atoms with Crippen molar-refractivity contribution in [2.75, 3.05) is 33.3 Å². The normalized spacial score (nSPS) is 19.7. The van der Waals surface area contributed by atoms with E-state index in [1.165, 1.54) is 19.5 Å². The molecule has 3 rings (SSSR count). The number of benzene rings is 1. The lowest BCUT2D eigenvalue weighted by molar-refractivity contribution is 0.0488. The predicted molar refractivity (Wildman–Crippen MR) is 92.2 cm³/mol. The Kier molecular flexibility index (Phi) is 4.90. The van der Waals surface area contributed by atoms with Gasteiger partial charge in [-0.3, -0.25) is 4.79 Å². The number of nitrogens with zero attached hydrogens (tertiary/aromatic N) is 2. The second-order valence-corrected chi connectivity index (χ2v) is 7.02. The summed E-state index contributed by atoms with van der Waals surface area (Å²) >= 11 is 0. The fourth-order valence-corrected chi connectivity index (χ4v) is 3.64. The van der Waals surface area contributed by atoms with Crippen molar-refractivity contribution < 1.29 is 9.53 Å². The van der Waals surface area contributed by atoms with Crippen molar-refractivity contribution in [1.82, 2.24) is 9.80 Å². The van der Waals surface area contributed by atoms with E-state index in [1.54, 1.807) is 7.11 Å². The Morgan fingerprint density at radius 1 is 1.17 bits per heavy atom. The quantitative estimate of drug-likeness (QED) is 0.855. The lowest BCUT2D eigenvalue weighted by Crippen LogP contribution is -2.51. The second kappa shape index (κ2) is 6.91. The molecular weight excluding hydrogens is 288 g/mol. The summed E-state index contributed by atoms with van der Waals surface area (Å²) in [5.41, 5.74) is 1.90. The van der Waals surface area contributed by atoms with Gasteiger partial charge in [0.05, 0.1) is 7.11 Å². The first-order chi connectivity index (χ1) is 11.1. The molecule has 0 aliphatic carbocycles. The first kappa shape index (κ1) is 16.3. The van der Waals surface area contributed by atoms with Crippen LogP contribution in [0.3, 0.4) is 0 Å². The highest BCUT2D eigenvalue weighted by Gasteiger charge is 2.30. The monoisotopic (exact) mass is 316 g/mol. The number of amides is 1. The Balaban J connectivity index is 1.66. The minimum absolute atomic E-state index is 0.140. The van der Waals surface area contributed by atoms with Gasteiger partial charge in [0, 0.05) is 24.7 Å². The van der Waals surface area contributed by atoms with Crippen LogP contribution in [-0.2, 0) is 0 Å². The molecule has 126 valence electrons. The molecule has 1 amide bonds. The van der Waals surface area contributed by atoms with Gasteiger partial charge < -0.3 is 14.5 Å². The molecule has 2 heterocycles. The SMILES string of the molecule is COc1cc(C(=O)N2CCC(N3CCC3)CC2)ccc1C(C)C. The molecule has 0 saturated carbocycles. The van der Waals surface area contributed by atoms with Crippen molar-refractivity contribution in [1.29, 1.82) is 0 Å². The molecule has 2 aliphatic rings. The molecule has 0 aromatic heterocycles. The molecular formula is C19H28N2O2. The number of likely N-dealkylation sites (tertiary alicyclic amines) is 2. The van der Waals surface area contributed by atoms with Crippen LogP contribution in [0.4, 0.5) is 0 Å². The number of hydrogen-bond acceptors (Lipinski definition) is 3. The Morgan fingerprint density at radius 3 is 2.39 bits per heavy atom. The van der Waals surface area contributed by atoms with Crippen LogP contribution in [0, 0.1) is 0 Å². The van der Waals surface area contributed by atoms with Crippen molar-refractivity contribution in [3.05, 3.63) is 29.3 Å². The zero-order valence-electron chi connectivity index (χ0n) is 14.5. The number of carbonyl (C=O) groups is 1. The first-order valence-corrected chi connectivity index (χ1v) is 8.81. The van der Waals surface area contributed by atoms with Gasteiger partial charge in [-0.2, -0.15) is 0 Å². The van der Waals surface area contributed by atoms with E-state index in [4.69, 9.17) is 4.74 Å². The molecule has 0 bridgehead atoms. The van der Waals surface area contributed by atoms with E-state index in [9.17, 15) is 4.79 Å². The van der Waals surface area contributed by atoms with E-state index in [2.05, 4.69) is 18.7 Å². The van der Waals surface area contributed by atoms with Crippen molar-refractivity contribution in [3.8, 4) is 5.75 Å². The lowest BCUT2D eigenvalue weighted by Gasteiger charge is -2.43. The summed E-state index contributed by atoms with van der Waals surface area (Å²) in [5, 5.41) is 0. The van der Waals surface area contributed by atoms with Crippen LogP contribution in [0.15, 0.2) is 18.2 Å². The standard InChI is InChI=1S/C19H28N2O2/c1-14(2)17-6-5-15(13-18(17)23-3)19(22)21-11-7-16(8-12-21)20-9-4-10-20/h5-6,13-14,16H,4,7-12H2,1-3H3. The van der Waals surface area contributed by atoms with E-state index in [0.717, 1.165) is 42.8 Å². The number of rotatable bonds is 4. The third kappa shape index (κ3) is 3.37. The maximum Gasteiger partial charge on any atom is 0.253 e. The summed E-state index contributed by atoms with van der Waals surface area (Å²) in [6.45, 7) is 8.50. The van der Waals surface area contributed by atoms with Gasteiger partial charge >= 0.3 is 0 Å². The zero-order chi connectivity index (χ0) is 16.4. The van der Waals surface area contributed by atoms with E-state index in [-0.39, 0.29) is 5.91 Å². The van der Waals surface area contributed by atoms with Crippen molar-refractivity contribution >= 4 is 5.91 Å². The van der Waals surface area contributed by atoms with E-state index in [1.807, 2.05) is 23.1 Å². The third-order valence-corrected chi connectivity index (χ3v) is 5.26. The van der Waals surface area contributed by atoms with Gasteiger partial charge in [0.15, 0.2) is 0 Å². The molecule has 23 heavy (non-hydrogen) atoms. The van der Waals surface area contributed by atoms with Crippen LogP contribution < -0.4 is 4.74 Å². The Morgan fingerprint density at radius 2 is 1.87 bits per heavy atom. The minimum Gasteiger partial charge on any atom is -0.496 e. The number of hydrogen-bond donors (Lipinski definition) is 0. The zero-order valence-corrected chi connectivity index (χ0v) is 14.5. The lowest BCUT2D eigenvalue weighted by atomic mass is 9.97. The number of ether oxygens (including phenoxy) is 1. The summed E-state index contributed by atoms with van der Waals surface area (Å²) in [6.07, 6.45) is 3.54. The molecule has 0 atom stereocenters. The Hall–Kier alpha value is -1.55. The van der Waals surface area contributed by atoms with Gasteiger partial charge in [-0.1, -0.05) is 19.9 Å². The third-order valence-electron chi connectivity index (χ3n) is 5.26. The average Bonchev–Trinajstić information content (AvgIpc) is 2.52. The second-order valence-electron chi connectivity index (χ2n) is 7.02. The van der Waals surface area contributed by atoms with E-state index < -0.39 is 0 Å². The molecule has 2 aliphatic heterocycles. The van der Waals surface area contributed by atoms with Crippen molar-refractivity contribution in [2.24, 2.45) is 0 Å². The average molecular weight is 316 g/mol. The van der Waals surface area contributed by atoms with Gasteiger partial charge in [-0.25, -0.2) is 0 Å². The molecule has 4 nitrogen and oxygen atoms in total. The van der Waals surface area contributed by atoms with Crippen LogP contribution in [0.5, 0.6) is 5.75 Å². The van der Waals surface area contributed by atoms with Crippen molar-refractivity contribution in [3.63, 3.8) is 0 Å². The van der Waals surface area contributed by atoms with Gasteiger partial charge in [-0.05, 0) is 56.0 Å². The van der Waals surface area contributed by atoms with Crippen molar-refractivity contribution in [2.45, 2.75) is 45.1 Å². The smallest absolute Gasteiger partial charge is 0.253 e. The summed E-state index contributed by atoms with van der Waals surface area (Å²) in [6, 6.07) is 6.57. The molecule has 0 N–H and O–H groups in total. The molecule has 2 fully saturated rings. The first-order valence-electron chi connectivity index (χ1n) is 8.81. The summed E-state index contributed by atoms with van der Waals surface area (Å²) in [4.78, 5) is 17.3. The molecule has 1 aromatic rings. The van der Waals surface area contributed by atoms with E-state index in [0.29, 0.717) is 12.0 Å². The van der Waals surface area contributed by atoms with Crippen LogP contribution >= 0.6 is 0 Å². The molecule has 0 unspecified atom stereocenters. The highest BCUT2D eigenvalue weighted by Crippen LogP contribution is 2.28. The highest BCUT2D eigenvalue weighted by molar-refractivity contribution is 5.94. The van der Waals surface area contributed by atoms with Gasteiger partial charge in [-0.15, -0.1) is 0 Å². The van der Waals surface area contributed by atoms with Gasteiger partial charge in [0.1, 0.15) is 5.75 Å². The fourth-order valence-electron chi connectivity index (χ4n) is 3.64. The molecule has 4 heteroatoms. The number of methoxy groups -OCH3 is 1. The minimum atomic E-state index is 0.140. The molecule has 2 saturated heterocycles. The van der Waals surface area contributed by atoms with Crippen LogP contribution in [0.25, 0.3) is 0 Å². The summed E-state index contributed by atoms with van der Waals surface area (Å²) in [7, 11) is 1.67. The topological polar surface area (TPSA) is 32.8 Å². The fraction of sp³-hybridized carbons (Fsp3) is 0.632. The van der Waals surface area contributed by atoms with Gasteiger partial charge in [0.25, 0.3) is 5.91 Å². The largest absolute Gasteiger partial charge is 0.496 e. The molecule has 0 spiro atoms. The van der Waals surface area contributed by atoms with Crippen LogP contribution in [0.1, 0.15) is 54.9 Å². The predicted octanol–water partition coefficient (Wildman–Crippen LogP) is 3.13. The maximum atomic E-state index is 12.8. The number of carbonyl (C=O) groups excluding carboxylic acids is 1. The summed E-state index contributed by atoms with van der Waals surface area (Å²) in [5.74, 6) is 1.35. The highest BCUT2D eigenvalue weighted by atomic mass is 16.5. The molecule has 0 radical (unpaired) electrons. The van der Waals surface area contributed by atoms with E-state index >= 15 is 0 Å². The Labute approximate surface area is 139 Å². The van der Waals surface area contributed by atoms with Gasteiger partial charge in [0.2, 0.25) is 0 Å².